The van der Waals surface area contributed by atoms with E-state index < -0.39 is 0 Å². The maximum Gasteiger partial charge on any atom is 0.00928 e. The molecule has 1 heterocycles. The normalized spacial score (nSPS) is 39.7. The Kier molecular flexibility index (Phi) is 4.87. The van der Waals surface area contributed by atoms with Gasteiger partial charge < -0.3 is 5.32 Å². The van der Waals surface area contributed by atoms with Crippen molar-refractivity contribution in [2.24, 2.45) is 5.92 Å². The molecule has 4 atom stereocenters. The Balaban J connectivity index is 1.80. The van der Waals surface area contributed by atoms with Crippen LogP contribution in [0.2, 0.25) is 0 Å². The van der Waals surface area contributed by atoms with Gasteiger partial charge in [0.25, 0.3) is 0 Å². The Labute approximate surface area is 107 Å². The molecule has 1 aliphatic heterocycles. The number of hydrogen-bond acceptors (Lipinski definition) is 2. The van der Waals surface area contributed by atoms with Gasteiger partial charge in [-0.1, -0.05) is 12.8 Å². The molecule has 0 aromatic rings. The summed E-state index contributed by atoms with van der Waals surface area (Å²) in [6, 6.07) is 2.42. The minimum Gasteiger partial charge on any atom is -0.317 e. The van der Waals surface area contributed by atoms with Crippen LogP contribution in [0.3, 0.4) is 0 Å². The molecule has 0 bridgehead atoms. The number of hydrogen-bond donors (Lipinski definition) is 1. The van der Waals surface area contributed by atoms with Crippen LogP contribution in [-0.4, -0.2) is 36.6 Å². The average molecular weight is 238 g/mol. The minimum atomic E-state index is 0.797. The van der Waals surface area contributed by atoms with E-state index in [1.54, 1.807) is 0 Å². The van der Waals surface area contributed by atoms with Gasteiger partial charge in [-0.3, -0.25) is 4.90 Å². The van der Waals surface area contributed by atoms with Gasteiger partial charge in [0, 0.05) is 18.1 Å². The molecule has 2 aliphatic rings. The zero-order valence-electron chi connectivity index (χ0n) is 11.9. The lowest BCUT2D eigenvalue weighted by Crippen LogP contribution is -2.45. The third-order valence-electron chi connectivity index (χ3n) is 5.16. The maximum absolute atomic E-state index is 3.51. The van der Waals surface area contributed by atoms with E-state index in [-0.39, 0.29) is 0 Å². The SMILES string of the molecule is CNC1CCCC1CCN1C(C)CCCC1C. The monoisotopic (exact) mass is 238 g/mol. The van der Waals surface area contributed by atoms with Crippen LogP contribution >= 0.6 is 0 Å². The Morgan fingerprint density at radius 2 is 1.65 bits per heavy atom. The van der Waals surface area contributed by atoms with Gasteiger partial charge in [-0.25, -0.2) is 0 Å². The number of rotatable bonds is 4. The summed E-state index contributed by atoms with van der Waals surface area (Å²) in [5.74, 6) is 0.932. The molecule has 1 saturated carbocycles. The van der Waals surface area contributed by atoms with Crippen LogP contribution in [0.5, 0.6) is 0 Å². The van der Waals surface area contributed by atoms with Crippen LogP contribution in [0, 0.1) is 5.92 Å². The Bertz CT molecular complexity index is 219. The van der Waals surface area contributed by atoms with Crippen molar-refractivity contribution >= 4 is 0 Å². The van der Waals surface area contributed by atoms with Gasteiger partial charge in [0.2, 0.25) is 0 Å². The van der Waals surface area contributed by atoms with E-state index in [0.717, 1.165) is 24.0 Å². The molecule has 2 heteroatoms. The number of likely N-dealkylation sites (tertiary alicyclic amines) is 1. The van der Waals surface area contributed by atoms with Crippen LogP contribution in [-0.2, 0) is 0 Å². The number of nitrogens with zero attached hydrogens (tertiary/aromatic N) is 1. The molecule has 2 fully saturated rings. The van der Waals surface area contributed by atoms with Crippen LogP contribution < -0.4 is 5.32 Å². The molecule has 100 valence electrons. The van der Waals surface area contributed by atoms with Gasteiger partial charge >= 0.3 is 0 Å². The molecule has 0 aromatic carbocycles. The predicted molar refractivity (Wildman–Crippen MR) is 74.3 cm³/mol. The molecule has 4 unspecified atom stereocenters. The van der Waals surface area contributed by atoms with Crippen molar-refractivity contribution in [2.75, 3.05) is 13.6 Å². The zero-order chi connectivity index (χ0) is 12.3. The number of nitrogens with one attached hydrogen (secondary N) is 1. The maximum atomic E-state index is 3.51. The first kappa shape index (κ1) is 13.4. The van der Waals surface area contributed by atoms with Gasteiger partial charge in [0.15, 0.2) is 0 Å². The molecule has 1 aliphatic carbocycles. The summed E-state index contributed by atoms with van der Waals surface area (Å²) in [7, 11) is 2.13. The lowest BCUT2D eigenvalue weighted by molar-refractivity contribution is 0.0945. The average Bonchev–Trinajstić information content (AvgIpc) is 2.76. The van der Waals surface area contributed by atoms with E-state index in [1.807, 2.05) is 0 Å². The fourth-order valence-corrected chi connectivity index (χ4v) is 3.99. The molecule has 0 radical (unpaired) electrons. The molecule has 1 N–H and O–H groups in total. The van der Waals surface area contributed by atoms with E-state index in [0.29, 0.717) is 0 Å². The molecular formula is C15H30N2. The summed E-state index contributed by atoms with van der Waals surface area (Å²) in [4.78, 5) is 2.76. The van der Waals surface area contributed by atoms with Crippen molar-refractivity contribution in [1.82, 2.24) is 10.2 Å². The first-order valence-corrected chi connectivity index (χ1v) is 7.65. The van der Waals surface area contributed by atoms with Crippen molar-refractivity contribution < 1.29 is 0 Å². The van der Waals surface area contributed by atoms with Gasteiger partial charge in [-0.05, 0) is 65.5 Å². The van der Waals surface area contributed by atoms with Gasteiger partial charge in [0.1, 0.15) is 0 Å². The minimum absolute atomic E-state index is 0.797. The van der Waals surface area contributed by atoms with Gasteiger partial charge in [-0.2, -0.15) is 0 Å². The molecule has 17 heavy (non-hydrogen) atoms. The fourth-order valence-electron chi connectivity index (χ4n) is 3.99. The highest BCUT2D eigenvalue weighted by Crippen LogP contribution is 2.30. The highest BCUT2D eigenvalue weighted by atomic mass is 15.2. The summed E-state index contributed by atoms with van der Waals surface area (Å²) in [5, 5.41) is 3.51. The van der Waals surface area contributed by atoms with E-state index >= 15 is 0 Å². The third kappa shape index (κ3) is 3.23. The van der Waals surface area contributed by atoms with Gasteiger partial charge in [0.05, 0.1) is 0 Å². The van der Waals surface area contributed by atoms with Gasteiger partial charge in [-0.15, -0.1) is 0 Å². The standard InChI is InChI=1S/C15H30N2/c1-12-6-4-7-13(2)17(12)11-10-14-8-5-9-15(14)16-3/h12-16H,4-11H2,1-3H3. The second-order valence-electron chi connectivity index (χ2n) is 6.24. The molecule has 0 spiro atoms. The molecular weight excluding hydrogens is 208 g/mol. The quantitative estimate of drug-likeness (QED) is 0.810. The summed E-state index contributed by atoms with van der Waals surface area (Å²) in [6.45, 7) is 6.16. The number of piperidine rings is 1. The predicted octanol–water partition coefficient (Wildman–Crippen LogP) is 3.03. The van der Waals surface area contributed by atoms with Crippen LogP contribution in [0.1, 0.15) is 58.8 Å². The summed E-state index contributed by atoms with van der Waals surface area (Å²) in [5.41, 5.74) is 0. The highest BCUT2D eigenvalue weighted by molar-refractivity contribution is 4.85. The molecule has 1 saturated heterocycles. The Hall–Kier alpha value is -0.0800. The molecule has 0 aromatic heterocycles. The topological polar surface area (TPSA) is 15.3 Å². The van der Waals surface area contributed by atoms with E-state index in [2.05, 4.69) is 31.1 Å². The van der Waals surface area contributed by atoms with E-state index in [1.165, 1.54) is 51.5 Å². The Morgan fingerprint density at radius 1 is 1.00 bits per heavy atom. The third-order valence-corrected chi connectivity index (χ3v) is 5.16. The smallest absolute Gasteiger partial charge is 0.00928 e. The largest absolute Gasteiger partial charge is 0.317 e. The second-order valence-corrected chi connectivity index (χ2v) is 6.24. The van der Waals surface area contributed by atoms with Crippen molar-refractivity contribution in [2.45, 2.75) is 76.9 Å². The fraction of sp³-hybridized carbons (Fsp3) is 1.00. The van der Waals surface area contributed by atoms with Crippen molar-refractivity contribution in [1.29, 1.82) is 0 Å². The van der Waals surface area contributed by atoms with Crippen LogP contribution in [0.4, 0.5) is 0 Å². The molecule has 0 amide bonds. The highest BCUT2D eigenvalue weighted by Gasteiger charge is 2.29. The molecule has 2 nitrogen and oxygen atoms in total. The van der Waals surface area contributed by atoms with Crippen molar-refractivity contribution in [3.63, 3.8) is 0 Å². The first-order chi connectivity index (χ1) is 8.22. The van der Waals surface area contributed by atoms with E-state index in [4.69, 9.17) is 0 Å². The van der Waals surface area contributed by atoms with Crippen LogP contribution in [0.15, 0.2) is 0 Å². The molecule has 2 rings (SSSR count). The zero-order valence-corrected chi connectivity index (χ0v) is 11.9. The summed E-state index contributed by atoms with van der Waals surface area (Å²) < 4.78 is 0. The lowest BCUT2D eigenvalue weighted by Gasteiger charge is -2.39. The summed E-state index contributed by atoms with van der Waals surface area (Å²) >= 11 is 0. The first-order valence-electron chi connectivity index (χ1n) is 7.65. The van der Waals surface area contributed by atoms with Crippen molar-refractivity contribution in [3.8, 4) is 0 Å². The summed E-state index contributed by atoms with van der Waals surface area (Å²) in [6.07, 6.45) is 9.92. The van der Waals surface area contributed by atoms with E-state index in [9.17, 15) is 0 Å². The lowest BCUT2D eigenvalue weighted by atomic mass is 9.94. The van der Waals surface area contributed by atoms with Crippen molar-refractivity contribution in [3.05, 3.63) is 0 Å². The van der Waals surface area contributed by atoms with Crippen LogP contribution in [0.25, 0.3) is 0 Å². The second kappa shape index (κ2) is 6.19. The Morgan fingerprint density at radius 3 is 2.29 bits per heavy atom.